The summed E-state index contributed by atoms with van der Waals surface area (Å²) in [5.41, 5.74) is 1.53. The van der Waals surface area contributed by atoms with E-state index in [0.29, 0.717) is 22.3 Å². The van der Waals surface area contributed by atoms with E-state index in [0.717, 1.165) is 22.5 Å². The Morgan fingerprint density at radius 2 is 1.89 bits per heavy atom. The van der Waals surface area contributed by atoms with Crippen LogP contribution < -0.4 is 4.90 Å². The van der Waals surface area contributed by atoms with Gasteiger partial charge in [0.1, 0.15) is 0 Å². The second-order valence-electron chi connectivity index (χ2n) is 6.33. The highest BCUT2D eigenvalue weighted by Crippen LogP contribution is 2.31. The van der Waals surface area contributed by atoms with Crippen LogP contribution in [0.2, 0.25) is 5.02 Å². The van der Waals surface area contributed by atoms with Gasteiger partial charge in [-0.1, -0.05) is 29.9 Å². The molecule has 0 aliphatic carbocycles. The van der Waals surface area contributed by atoms with Crippen molar-refractivity contribution >= 4 is 56.0 Å². The molecular formula is C20H22ClN3OS2. The van der Waals surface area contributed by atoms with Gasteiger partial charge in [-0.25, -0.2) is 4.98 Å². The number of hydrogen-bond acceptors (Lipinski definition) is 5. The molecule has 142 valence electrons. The summed E-state index contributed by atoms with van der Waals surface area (Å²) >= 11 is 9.36. The van der Waals surface area contributed by atoms with Gasteiger partial charge in [0.25, 0.3) is 5.91 Å². The van der Waals surface area contributed by atoms with Gasteiger partial charge in [-0.05, 0) is 62.3 Å². The van der Waals surface area contributed by atoms with Gasteiger partial charge in [-0.2, -0.15) is 0 Å². The Morgan fingerprint density at radius 3 is 2.56 bits per heavy atom. The number of likely N-dealkylation sites (N-methyl/N-ethyl adjacent to an activating group) is 1. The summed E-state index contributed by atoms with van der Waals surface area (Å²) in [5, 5.41) is 1.37. The van der Waals surface area contributed by atoms with Crippen LogP contribution in [0, 0.1) is 0 Å². The van der Waals surface area contributed by atoms with Crippen molar-refractivity contribution in [3.63, 3.8) is 0 Å². The highest BCUT2D eigenvalue weighted by atomic mass is 35.5. The van der Waals surface area contributed by atoms with E-state index in [4.69, 9.17) is 11.6 Å². The molecule has 1 amide bonds. The number of thioether (sulfide) groups is 1. The van der Waals surface area contributed by atoms with E-state index >= 15 is 0 Å². The first-order valence-corrected chi connectivity index (χ1v) is 10.9. The number of anilines is 1. The number of halogens is 1. The van der Waals surface area contributed by atoms with Crippen molar-refractivity contribution in [2.75, 3.05) is 37.8 Å². The van der Waals surface area contributed by atoms with Crippen molar-refractivity contribution in [1.82, 2.24) is 9.88 Å². The predicted octanol–water partition coefficient (Wildman–Crippen LogP) is 5.27. The standard InChI is InChI=1S/C20H22ClN3OS2/c1-4-26-16-8-5-14(6-9-16)19(25)24(12-11-23(2)3)20-22-17-10-7-15(21)13-18(17)27-20/h5-10,13H,4,11-12H2,1-3H3. The molecule has 0 radical (unpaired) electrons. The molecule has 4 nitrogen and oxygen atoms in total. The number of aromatic nitrogens is 1. The Kier molecular flexibility index (Phi) is 6.76. The maximum atomic E-state index is 13.2. The normalized spacial score (nSPS) is 11.3. The lowest BCUT2D eigenvalue weighted by atomic mass is 10.2. The number of benzene rings is 2. The third-order valence-electron chi connectivity index (χ3n) is 4.00. The zero-order chi connectivity index (χ0) is 19.4. The summed E-state index contributed by atoms with van der Waals surface area (Å²) in [6.07, 6.45) is 0. The number of rotatable bonds is 7. The van der Waals surface area contributed by atoms with E-state index in [9.17, 15) is 4.79 Å². The Morgan fingerprint density at radius 1 is 1.15 bits per heavy atom. The molecular weight excluding hydrogens is 398 g/mol. The van der Waals surface area contributed by atoms with E-state index in [-0.39, 0.29) is 5.91 Å². The number of carbonyl (C=O) groups excluding carboxylic acids is 1. The van der Waals surface area contributed by atoms with Crippen molar-refractivity contribution in [1.29, 1.82) is 0 Å². The van der Waals surface area contributed by atoms with E-state index < -0.39 is 0 Å². The summed E-state index contributed by atoms with van der Waals surface area (Å²) < 4.78 is 0.981. The SMILES string of the molecule is CCSc1ccc(C(=O)N(CCN(C)C)c2nc3ccc(Cl)cc3s2)cc1. The minimum absolute atomic E-state index is 0.0324. The average Bonchev–Trinajstić information content (AvgIpc) is 3.05. The molecule has 0 N–H and O–H groups in total. The fourth-order valence-electron chi connectivity index (χ4n) is 2.60. The quantitative estimate of drug-likeness (QED) is 0.489. The second-order valence-corrected chi connectivity index (χ2v) is 9.11. The molecule has 0 aliphatic rings. The Balaban J connectivity index is 1.92. The third kappa shape index (κ3) is 5.02. The summed E-state index contributed by atoms with van der Waals surface area (Å²) in [7, 11) is 4.00. The highest BCUT2D eigenvalue weighted by molar-refractivity contribution is 7.99. The van der Waals surface area contributed by atoms with Crippen LogP contribution in [0.4, 0.5) is 5.13 Å². The van der Waals surface area contributed by atoms with Crippen LogP contribution in [0.3, 0.4) is 0 Å². The van der Waals surface area contributed by atoms with Crippen molar-refractivity contribution in [2.45, 2.75) is 11.8 Å². The number of carbonyl (C=O) groups is 1. The van der Waals surface area contributed by atoms with Crippen molar-refractivity contribution in [3.05, 3.63) is 53.1 Å². The van der Waals surface area contributed by atoms with Crippen molar-refractivity contribution in [2.24, 2.45) is 0 Å². The molecule has 2 aromatic carbocycles. The molecule has 0 atom stereocenters. The van der Waals surface area contributed by atoms with Gasteiger partial charge in [0.05, 0.1) is 10.2 Å². The summed E-state index contributed by atoms with van der Waals surface area (Å²) in [4.78, 5) is 22.9. The lowest BCUT2D eigenvalue weighted by Gasteiger charge is -2.22. The molecule has 0 saturated heterocycles. The van der Waals surface area contributed by atoms with E-state index in [1.54, 1.807) is 16.7 Å². The fraction of sp³-hybridized carbons (Fsp3) is 0.300. The van der Waals surface area contributed by atoms with Crippen LogP contribution in [-0.4, -0.2) is 48.7 Å². The Hall–Kier alpha value is -1.60. The molecule has 0 spiro atoms. The van der Waals surface area contributed by atoms with Gasteiger partial charge >= 0.3 is 0 Å². The summed E-state index contributed by atoms with van der Waals surface area (Å²) in [6, 6.07) is 13.4. The van der Waals surface area contributed by atoms with Crippen LogP contribution in [0.1, 0.15) is 17.3 Å². The van der Waals surface area contributed by atoms with Crippen LogP contribution in [0.25, 0.3) is 10.2 Å². The monoisotopic (exact) mass is 419 g/mol. The molecule has 0 saturated carbocycles. The smallest absolute Gasteiger partial charge is 0.260 e. The number of nitrogens with zero attached hydrogens (tertiary/aromatic N) is 3. The molecule has 3 rings (SSSR count). The second kappa shape index (κ2) is 9.06. The first-order chi connectivity index (χ1) is 13.0. The number of amides is 1. The van der Waals surface area contributed by atoms with Gasteiger partial charge in [0.2, 0.25) is 0 Å². The van der Waals surface area contributed by atoms with E-state index in [1.165, 1.54) is 16.2 Å². The van der Waals surface area contributed by atoms with Crippen molar-refractivity contribution in [3.8, 4) is 0 Å². The molecule has 27 heavy (non-hydrogen) atoms. The first-order valence-electron chi connectivity index (χ1n) is 8.73. The van der Waals surface area contributed by atoms with Gasteiger partial charge in [-0.3, -0.25) is 9.69 Å². The number of thiazole rings is 1. The lowest BCUT2D eigenvalue weighted by Crippen LogP contribution is -2.36. The lowest BCUT2D eigenvalue weighted by molar-refractivity contribution is 0.0985. The van der Waals surface area contributed by atoms with E-state index in [1.807, 2.05) is 56.6 Å². The molecule has 0 unspecified atom stereocenters. The third-order valence-corrected chi connectivity index (χ3v) is 6.17. The first kappa shape index (κ1) is 20.1. The summed E-state index contributed by atoms with van der Waals surface area (Å²) in [6.45, 7) is 3.45. The van der Waals surface area contributed by atoms with Crippen LogP contribution in [0.5, 0.6) is 0 Å². The van der Waals surface area contributed by atoms with Crippen LogP contribution in [-0.2, 0) is 0 Å². The van der Waals surface area contributed by atoms with Crippen LogP contribution in [0.15, 0.2) is 47.4 Å². The molecule has 3 aromatic rings. The molecule has 1 aromatic heterocycles. The molecule has 1 heterocycles. The predicted molar refractivity (Wildman–Crippen MR) is 118 cm³/mol. The Labute approximate surface area is 173 Å². The van der Waals surface area contributed by atoms with Gasteiger partial charge in [0.15, 0.2) is 5.13 Å². The van der Waals surface area contributed by atoms with Gasteiger partial charge in [0, 0.05) is 28.6 Å². The largest absolute Gasteiger partial charge is 0.308 e. The zero-order valence-corrected chi connectivity index (χ0v) is 18.0. The van der Waals surface area contributed by atoms with Gasteiger partial charge < -0.3 is 4.90 Å². The van der Waals surface area contributed by atoms with E-state index in [2.05, 4.69) is 16.8 Å². The zero-order valence-electron chi connectivity index (χ0n) is 15.6. The minimum Gasteiger partial charge on any atom is -0.308 e. The average molecular weight is 420 g/mol. The highest BCUT2D eigenvalue weighted by Gasteiger charge is 2.21. The summed E-state index contributed by atoms with van der Waals surface area (Å²) in [5.74, 6) is 0.978. The van der Waals surface area contributed by atoms with Crippen LogP contribution >= 0.6 is 34.7 Å². The molecule has 7 heteroatoms. The minimum atomic E-state index is -0.0324. The maximum Gasteiger partial charge on any atom is 0.260 e. The molecule has 0 fully saturated rings. The van der Waals surface area contributed by atoms with Gasteiger partial charge in [-0.15, -0.1) is 11.8 Å². The molecule has 0 aliphatic heterocycles. The topological polar surface area (TPSA) is 36.4 Å². The Bertz CT molecular complexity index is 925. The maximum absolute atomic E-state index is 13.2. The molecule has 0 bridgehead atoms. The van der Waals surface area contributed by atoms with Crippen molar-refractivity contribution < 1.29 is 4.79 Å². The fourth-order valence-corrected chi connectivity index (χ4v) is 4.53. The number of hydrogen-bond donors (Lipinski definition) is 0. The number of fused-ring (bicyclic) bond motifs is 1.